The van der Waals surface area contributed by atoms with Gasteiger partial charge in [0.25, 0.3) is 5.91 Å². The average Bonchev–Trinajstić information content (AvgIpc) is 2.63. The van der Waals surface area contributed by atoms with E-state index in [0.29, 0.717) is 23.8 Å². The van der Waals surface area contributed by atoms with Crippen LogP contribution in [0.3, 0.4) is 0 Å². The number of anilines is 1. The van der Waals surface area contributed by atoms with Crippen LogP contribution in [0.15, 0.2) is 35.5 Å². The lowest BCUT2D eigenvalue weighted by atomic mass is 10.1. The first kappa shape index (κ1) is 22.0. The highest BCUT2D eigenvalue weighted by atomic mass is 32.2. The Morgan fingerprint density at radius 1 is 1.18 bits per heavy atom. The van der Waals surface area contributed by atoms with Crippen molar-refractivity contribution in [3.63, 3.8) is 0 Å². The Labute approximate surface area is 166 Å². The summed E-state index contributed by atoms with van der Waals surface area (Å²) in [5.74, 6) is 0.799. The van der Waals surface area contributed by atoms with Crippen LogP contribution in [0.4, 0.5) is 19.0 Å². The molecule has 0 bridgehead atoms. The second-order valence-corrected chi connectivity index (χ2v) is 7.82. The molecule has 1 heterocycles. The standard InChI is InChI=1S/C19H23F3N4OS/c1-12(2)10-23-17(27)14-7-5-13(6-8-14)11-28-18-24-15(19(20,21)22)9-16(25-18)26(3)4/h5-9,12H,10-11H2,1-4H3,(H,23,27). The molecular weight excluding hydrogens is 389 g/mol. The molecule has 152 valence electrons. The molecule has 0 spiro atoms. The number of alkyl halides is 3. The van der Waals surface area contributed by atoms with E-state index in [9.17, 15) is 18.0 Å². The molecule has 0 aliphatic heterocycles. The predicted octanol–water partition coefficient (Wildman–Crippen LogP) is 4.24. The minimum atomic E-state index is -4.53. The van der Waals surface area contributed by atoms with Gasteiger partial charge in [-0.3, -0.25) is 4.79 Å². The van der Waals surface area contributed by atoms with Gasteiger partial charge in [-0.15, -0.1) is 0 Å². The van der Waals surface area contributed by atoms with E-state index < -0.39 is 11.9 Å². The van der Waals surface area contributed by atoms with Crippen LogP contribution in [-0.4, -0.2) is 36.5 Å². The van der Waals surface area contributed by atoms with Crippen molar-refractivity contribution in [1.29, 1.82) is 0 Å². The van der Waals surface area contributed by atoms with Crippen LogP contribution in [0.25, 0.3) is 0 Å². The fourth-order valence-electron chi connectivity index (χ4n) is 2.15. The first-order valence-corrected chi connectivity index (χ1v) is 9.68. The van der Waals surface area contributed by atoms with Gasteiger partial charge in [0.05, 0.1) is 0 Å². The number of thioether (sulfide) groups is 1. The molecule has 9 heteroatoms. The van der Waals surface area contributed by atoms with Gasteiger partial charge < -0.3 is 10.2 Å². The summed E-state index contributed by atoms with van der Waals surface area (Å²) in [4.78, 5) is 21.3. The minimum Gasteiger partial charge on any atom is -0.363 e. The molecular formula is C19H23F3N4OS. The molecule has 0 saturated heterocycles. The molecule has 1 aromatic heterocycles. The first-order valence-electron chi connectivity index (χ1n) is 8.70. The Morgan fingerprint density at radius 2 is 1.82 bits per heavy atom. The van der Waals surface area contributed by atoms with Crippen molar-refractivity contribution >= 4 is 23.5 Å². The maximum atomic E-state index is 13.1. The largest absolute Gasteiger partial charge is 0.433 e. The molecule has 28 heavy (non-hydrogen) atoms. The number of nitrogens with zero attached hydrogens (tertiary/aromatic N) is 3. The van der Waals surface area contributed by atoms with Gasteiger partial charge in [0.2, 0.25) is 0 Å². The molecule has 1 N–H and O–H groups in total. The van der Waals surface area contributed by atoms with Crippen LogP contribution >= 0.6 is 11.8 Å². The number of carbonyl (C=O) groups excluding carboxylic acids is 1. The summed E-state index contributed by atoms with van der Waals surface area (Å²) in [6.45, 7) is 4.62. The Bertz CT molecular complexity index is 808. The van der Waals surface area contributed by atoms with Crippen LogP contribution in [0.2, 0.25) is 0 Å². The van der Waals surface area contributed by atoms with Gasteiger partial charge in [-0.1, -0.05) is 37.7 Å². The van der Waals surface area contributed by atoms with Crippen molar-refractivity contribution in [3.05, 3.63) is 47.2 Å². The van der Waals surface area contributed by atoms with E-state index in [2.05, 4.69) is 15.3 Å². The summed E-state index contributed by atoms with van der Waals surface area (Å²) in [7, 11) is 3.25. The van der Waals surface area contributed by atoms with Gasteiger partial charge in [-0.05, 0) is 23.6 Å². The Balaban J connectivity index is 2.07. The van der Waals surface area contributed by atoms with Crippen molar-refractivity contribution in [3.8, 4) is 0 Å². The number of hydrogen-bond acceptors (Lipinski definition) is 5. The number of aromatic nitrogens is 2. The van der Waals surface area contributed by atoms with E-state index in [1.165, 1.54) is 4.90 Å². The van der Waals surface area contributed by atoms with E-state index in [1.54, 1.807) is 38.4 Å². The van der Waals surface area contributed by atoms with Gasteiger partial charge in [-0.25, -0.2) is 9.97 Å². The van der Waals surface area contributed by atoms with Crippen LogP contribution in [0.1, 0.15) is 35.5 Å². The summed E-state index contributed by atoms with van der Waals surface area (Å²) in [5.41, 5.74) is 0.434. The lowest BCUT2D eigenvalue weighted by molar-refractivity contribution is -0.141. The average molecular weight is 412 g/mol. The summed E-state index contributed by atoms with van der Waals surface area (Å²) < 4.78 is 39.2. The van der Waals surface area contributed by atoms with Crippen LogP contribution < -0.4 is 10.2 Å². The molecule has 0 aliphatic rings. The summed E-state index contributed by atoms with van der Waals surface area (Å²) >= 11 is 1.11. The van der Waals surface area contributed by atoms with E-state index >= 15 is 0 Å². The zero-order valence-electron chi connectivity index (χ0n) is 16.2. The molecule has 0 saturated carbocycles. The highest BCUT2D eigenvalue weighted by molar-refractivity contribution is 7.98. The number of benzene rings is 1. The third-order valence-electron chi connectivity index (χ3n) is 3.70. The summed E-state index contributed by atoms with van der Waals surface area (Å²) in [5, 5.41) is 2.89. The molecule has 1 amide bonds. The summed E-state index contributed by atoms with van der Waals surface area (Å²) in [6, 6.07) is 7.87. The summed E-state index contributed by atoms with van der Waals surface area (Å²) in [6.07, 6.45) is -4.53. The lowest BCUT2D eigenvalue weighted by Crippen LogP contribution is -2.27. The Morgan fingerprint density at radius 3 is 2.36 bits per heavy atom. The van der Waals surface area contributed by atoms with Gasteiger partial charge in [0, 0.05) is 38.0 Å². The van der Waals surface area contributed by atoms with Crippen LogP contribution in [0.5, 0.6) is 0 Å². The van der Waals surface area contributed by atoms with Crippen LogP contribution in [0, 0.1) is 5.92 Å². The number of hydrogen-bond donors (Lipinski definition) is 1. The second kappa shape index (κ2) is 9.27. The molecule has 5 nitrogen and oxygen atoms in total. The zero-order valence-corrected chi connectivity index (χ0v) is 17.0. The van der Waals surface area contributed by atoms with Gasteiger partial charge in [-0.2, -0.15) is 13.2 Å². The zero-order chi connectivity index (χ0) is 20.9. The third kappa shape index (κ3) is 6.40. The monoisotopic (exact) mass is 412 g/mol. The molecule has 0 radical (unpaired) electrons. The van der Waals surface area contributed by atoms with Crippen molar-refractivity contribution in [2.45, 2.75) is 30.9 Å². The molecule has 1 aromatic carbocycles. The Hall–Kier alpha value is -2.29. The lowest BCUT2D eigenvalue weighted by Gasteiger charge is -2.15. The number of halogens is 3. The quantitative estimate of drug-likeness (QED) is 0.545. The maximum Gasteiger partial charge on any atom is 0.433 e. The van der Waals surface area contributed by atoms with E-state index in [-0.39, 0.29) is 16.9 Å². The second-order valence-electron chi connectivity index (χ2n) is 6.88. The molecule has 0 unspecified atom stereocenters. The first-order chi connectivity index (χ1) is 13.1. The third-order valence-corrected chi connectivity index (χ3v) is 4.61. The SMILES string of the molecule is CC(C)CNC(=O)c1ccc(CSc2nc(N(C)C)cc(C(F)(F)F)n2)cc1. The maximum absolute atomic E-state index is 13.1. The van der Waals surface area contributed by atoms with Gasteiger partial charge in [0.15, 0.2) is 10.9 Å². The number of amides is 1. The van der Waals surface area contributed by atoms with Crippen LogP contribution in [-0.2, 0) is 11.9 Å². The molecule has 2 rings (SSSR count). The minimum absolute atomic E-state index is 0.0530. The number of rotatable bonds is 7. The predicted molar refractivity (Wildman–Crippen MR) is 105 cm³/mol. The molecule has 0 fully saturated rings. The van der Waals surface area contributed by atoms with Crippen molar-refractivity contribution in [1.82, 2.24) is 15.3 Å². The number of nitrogens with one attached hydrogen (secondary N) is 1. The van der Waals surface area contributed by atoms with E-state index in [4.69, 9.17) is 0 Å². The number of carbonyl (C=O) groups is 1. The fourth-order valence-corrected chi connectivity index (χ4v) is 2.96. The molecule has 0 atom stereocenters. The highest BCUT2D eigenvalue weighted by Gasteiger charge is 2.34. The molecule has 0 aliphatic carbocycles. The molecule has 2 aromatic rings. The van der Waals surface area contributed by atoms with Crippen molar-refractivity contribution in [2.24, 2.45) is 5.92 Å². The fraction of sp³-hybridized carbons (Fsp3) is 0.421. The van der Waals surface area contributed by atoms with Gasteiger partial charge in [0.1, 0.15) is 5.82 Å². The van der Waals surface area contributed by atoms with Crippen molar-refractivity contribution in [2.75, 3.05) is 25.5 Å². The van der Waals surface area contributed by atoms with Crippen molar-refractivity contribution < 1.29 is 18.0 Å². The van der Waals surface area contributed by atoms with E-state index in [0.717, 1.165) is 23.4 Å². The highest BCUT2D eigenvalue weighted by Crippen LogP contribution is 2.31. The smallest absolute Gasteiger partial charge is 0.363 e. The Kier molecular flexibility index (Phi) is 7.29. The van der Waals surface area contributed by atoms with Gasteiger partial charge >= 0.3 is 6.18 Å². The van der Waals surface area contributed by atoms with E-state index in [1.807, 2.05) is 13.8 Å². The normalized spacial score (nSPS) is 11.6. The topological polar surface area (TPSA) is 58.1 Å².